The van der Waals surface area contributed by atoms with Gasteiger partial charge in [0, 0.05) is 73.8 Å². The van der Waals surface area contributed by atoms with E-state index in [0.717, 1.165) is 53.8 Å². The Labute approximate surface area is 203 Å². The second kappa shape index (κ2) is 8.61. The van der Waals surface area contributed by atoms with Gasteiger partial charge in [-0.1, -0.05) is 18.2 Å². The monoisotopic (exact) mass is 466 g/mol. The van der Waals surface area contributed by atoms with E-state index in [2.05, 4.69) is 19.9 Å². The van der Waals surface area contributed by atoms with E-state index < -0.39 is 0 Å². The van der Waals surface area contributed by atoms with Crippen LogP contribution in [0, 0.1) is 0 Å². The second-order valence-corrected chi connectivity index (χ2v) is 9.32. The minimum absolute atomic E-state index is 0.105. The number of carbonyl (C=O) groups excluding carboxylic acids is 2. The molecule has 2 aliphatic heterocycles. The van der Waals surface area contributed by atoms with Gasteiger partial charge < -0.3 is 14.4 Å². The van der Waals surface area contributed by atoms with E-state index in [-0.39, 0.29) is 17.7 Å². The molecular formula is C27H26N6O2. The van der Waals surface area contributed by atoms with Gasteiger partial charge in [-0.15, -0.1) is 0 Å². The molecule has 0 radical (unpaired) electrons. The molecule has 5 heterocycles. The Morgan fingerprint density at radius 1 is 1.06 bits per heavy atom. The fourth-order valence-corrected chi connectivity index (χ4v) is 5.35. The fraction of sp³-hybridized carbons (Fsp3) is 0.296. The SMILES string of the molecule is Cn1cc(C(=O)c2cc(N3CCC(N4Cc5cnccc5CC4=O)CC3)ncn2)c2ccccc21. The maximum Gasteiger partial charge on any atom is 0.227 e. The van der Waals surface area contributed by atoms with Gasteiger partial charge in [0.2, 0.25) is 11.7 Å². The number of hydrogen-bond acceptors (Lipinski definition) is 6. The number of carbonyl (C=O) groups is 2. The molecule has 1 aromatic carbocycles. The molecule has 4 aromatic rings. The molecule has 8 nitrogen and oxygen atoms in total. The highest BCUT2D eigenvalue weighted by atomic mass is 16.2. The molecule has 0 saturated carbocycles. The number of ketones is 1. The van der Waals surface area contributed by atoms with Crippen LogP contribution in [0.3, 0.4) is 0 Å². The summed E-state index contributed by atoms with van der Waals surface area (Å²) in [5, 5.41) is 0.920. The van der Waals surface area contributed by atoms with E-state index in [1.165, 1.54) is 6.33 Å². The minimum atomic E-state index is -0.105. The summed E-state index contributed by atoms with van der Waals surface area (Å²) >= 11 is 0. The predicted molar refractivity (Wildman–Crippen MR) is 132 cm³/mol. The molecule has 0 unspecified atom stereocenters. The van der Waals surface area contributed by atoms with Crippen molar-refractivity contribution >= 4 is 28.4 Å². The van der Waals surface area contributed by atoms with Crippen LogP contribution in [-0.4, -0.2) is 55.2 Å². The molecule has 0 atom stereocenters. The molecule has 1 fully saturated rings. The zero-order chi connectivity index (χ0) is 23.9. The smallest absolute Gasteiger partial charge is 0.227 e. The van der Waals surface area contributed by atoms with Crippen molar-refractivity contribution in [3.8, 4) is 0 Å². The zero-order valence-electron chi connectivity index (χ0n) is 19.6. The Hall–Kier alpha value is -4.07. The van der Waals surface area contributed by atoms with Gasteiger partial charge in [-0.2, -0.15) is 0 Å². The van der Waals surface area contributed by atoms with Crippen molar-refractivity contribution in [3.05, 3.63) is 83.7 Å². The van der Waals surface area contributed by atoms with Crippen LogP contribution in [0.15, 0.2) is 61.3 Å². The number of anilines is 1. The number of aryl methyl sites for hydroxylation is 1. The van der Waals surface area contributed by atoms with E-state index in [9.17, 15) is 9.59 Å². The second-order valence-electron chi connectivity index (χ2n) is 9.32. The standard InChI is InChI=1S/C27H26N6O2/c1-31-16-22(21-4-2-3-5-24(21)31)27(35)23-13-25(30-17-29-23)32-10-7-20(8-11-32)33-15-19-14-28-9-6-18(19)12-26(33)34/h2-6,9,13-14,16-17,20H,7-8,10-12,15H2,1H3. The molecule has 8 heteroatoms. The number of nitrogens with zero attached hydrogens (tertiary/aromatic N) is 6. The van der Waals surface area contributed by atoms with Gasteiger partial charge in [0.1, 0.15) is 17.8 Å². The van der Waals surface area contributed by atoms with Crippen LogP contribution in [0.5, 0.6) is 0 Å². The number of rotatable bonds is 4. The molecule has 0 N–H and O–H groups in total. The number of benzene rings is 1. The molecular weight excluding hydrogens is 440 g/mol. The average Bonchev–Trinajstić information content (AvgIpc) is 3.24. The maximum atomic E-state index is 13.3. The first-order valence-corrected chi connectivity index (χ1v) is 12.0. The number of hydrogen-bond donors (Lipinski definition) is 0. The maximum absolute atomic E-state index is 13.3. The number of amides is 1. The van der Waals surface area contributed by atoms with Gasteiger partial charge in [-0.05, 0) is 36.1 Å². The number of fused-ring (bicyclic) bond motifs is 2. The minimum Gasteiger partial charge on any atom is -0.356 e. The first-order chi connectivity index (χ1) is 17.1. The van der Waals surface area contributed by atoms with Crippen LogP contribution in [0.1, 0.15) is 40.0 Å². The fourth-order valence-electron chi connectivity index (χ4n) is 5.35. The molecule has 1 saturated heterocycles. The summed E-state index contributed by atoms with van der Waals surface area (Å²) in [5.74, 6) is 0.834. The van der Waals surface area contributed by atoms with E-state index in [1.54, 1.807) is 12.3 Å². The lowest BCUT2D eigenvalue weighted by Gasteiger charge is -2.40. The van der Waals surface area contributed by atoms with Gasteiger partial charge in [-0.25, -0.2) is 9.97 Å². The Morgan fingerprint density at radius 2 is 1.89 bits per heavy atom. The van der Waals surface area contributed by atoms with Crippen molar-refractivity contribution in [1.82, 2.24) is 24.4 Å². The van der Waals surface area contributed by atoms with Crippen LogP contribution >= 0.6 is 0 Å². The molecule has 35 heavy (non-hydrogen) atoms. The number of aromatic nitrogens is 4. The van der Waals surface area contributed by atoms with E-state index >= 15 is 0 Å². The van der Waals surface area contributed by atoms with Crippen LogP contribution in [-0.2, 0) is 24.8 Å². The third-order valence-corrected chi connectivity index (χ3v) is 7.26. The predicted octanol–water partition coefficient (Wildman–Crippen LogP) is 3.15. The molecule has 176 valence electrons. The highest BCUT2D eigenvalue weighted by Crippen LogP contribution is 2.28. The summed E-state index contributed by atoms with van der Waals surface area (Å²) < 4.78 is 1.96. The number of pyridine rings is 1. The van der Waals surface area contributed by atoms with Gasteiger partial charge in [-0.3, -0.25) is 14.6 Å². The summed E-state index contributed by atoms with van der Waals surface area (Å²) in [5.41, 5.74) is 4.27. The molecule has 0 spiro atoms. The Morgan fingerprint density at radius 3 is 2.74 bits per heavy atom. The molecule has 1 amide bonds. The summed E-state index contributed by atoms with van der Waals surface area (Å²) in [6.07, 6.45) is 9.13. The van der Waals surface area contributed by atoms with E-state index in [4.69, 9.17) is 0 Å². The normalized spacial score (nSPS) is 16.5. The third kappa shape index (κ3) is 3.84. The Balaban J connectivity index is 1.17. The van der Waals surface area contributed by atoms with Crippen LogP contribution in [0.2, 0.25) is 0 Å². The van der Waals surface area contributed by atoms with Crippen molar-refractivity contribution in [2.75, 3.05) is 18.0 Å². The van der Waals surface area contributed by atoms with Crippen LogP contribution < -0.4 is 4.90 Å². The lowest BCUT2D eigenvalue weighted by Crippen LogP contribution is -2.49. The van der Waals surface area contributed by atoms with E-state index in [0.29, 0.717) is 24.2 Å². The lowest BCUT2D eigenvalue weighted by molar-refractivity contribution is -0.134. The first-order valence-electron chi connectivity index (χ1n) is 12.0. The molecule has 0 bridgehead atoms. The largest absolute Gasteiger partial charge is 0.356 e. The summed E-state index contributed by atoms with van der Waals surface area (Å²) in [4.78, 5) is 43.3. The van der Waals surface area contributed by atoms with Crippen molar-refractivity contribution in [2.24, 2.45) is 7.05 Å². The topological polar surface area (TPSA) is 84.2 Å². The molecule has 3 aromatic heterocycles. The van der Waals surface area contributed by atoms with Gasteiger partial charge in [0.05, 0.1) is 6.42 Å². The summed E-state index contributed by atoms with van der Waals surface area (Å²) in [6, 6.07) is 11.8. The lowest BCUT2D eigenvalue weighted by atomic mass is 9.96. The summed E-state index contributed by atoms with van der Waals surface area (Å²) in [7, 11) is 1.94. The van der Waals surface area contributed by atoms with E-state index in [1.807, 2.05) is 59.2 Å². The average molecular weight is 467 g/mol. The van der Waals surface area contributed by atoms with Crippen LogP contribution in [0.25, 0.3) is 10.9 Å². The van der Waals surface area contributed by atoms with Gasteiger partial charge in [0.15, 0.2) is 0 Å². The first kappa shape index (κ1) is 21.5. The zero-order valence-corrected chi connectivity index (χ0v) is 19.6. The highest BCUT2D eigenvalue weighted by molar-refractivity contribution is 6.15. The Bertz CT molecular complexity index is 1440. The van der Waals surface area contributed by atoms with Crippen LogP contribution in [0.4, 0.5) is 5.82 Å². The van der Waals surface area contributed by atoms with Gasteiger partial charge >= 0.3 is 0 Å². The molecule has 2 aliphatic rings. The Kier molecular flexibility index (Phi) is 5.28. The van der Waals surface area contributed by atoms with Crippen molar-refractivity contribution in [2.45, 2.75) is 31.8 Å². The number of piperidine rings is 1. The van der Waals surface area contributed by atoms with Crippen molar-refractivity contribution in [3.63, 3.8) is 0 Å². The third-order valence-electron chi connectivity index (χ3n) is 7.26. The molecule has 6 rings (SSSR count). The highest BCUT2D eigenvalue weighted by Gasteiger charge is 2.32. The summed E-state index contributed by atoms with van der Waals surface area (Å²) in [6.45, 7) is 2.17. The van der Waals surface area contributed by atoms with Crippen molar-refractivity contribution < 1.29 is 9.59 Å². The number of para-hydroxylation sites is 1. The van der Waals surface area contributed by atoms with Gasteiger partial charge in [0.25, 0.3) is 0 Å². The quantitative estimate of drug-likeness (QED) is 0.430. The molecule has 0 aliphatic carbocycles. The van der Waals surface area contributed by atoms with Crippen molar-refractivity contribution in [1.29, 1.82) is 0 Å².